The van der Waals surface area contributed by atoms with Crippen molar-refractivity contribution in [3.8, 4) is 0 Å². The molecule has 0 aromatic heterocycles. The van der Waals surface area contributed by atoms with Crippen LogP contribution >= 0.6 is 11.6 Å². The molecule has 2 rings (SSSR count). The molecule has 0 saturated heterocycles. The Morgan fingerprint density at radius 3 is 2.21 bits per heavy atom. The number of hydrogen-bond acceptors (Lipinski definition) is 2. The first kappa shape index (κ1) is 17.8. The average molecular weight is 357 g/mol. The highest BCUT2D eigenvalue weighted by molar-refractivity contribution is 6.30. The van der Waals surface area contributed by atoms with Gasteiger partial charge in [0.15, 0.2) is 0 Å². The molecule has 0 saturated carbocycles. The highest BCUT2D eigenvalue weighted by atomic mass is 35.5. The molecule has 0 heterocycles. The quantitative estimate of drug-likeness (QED) is 0.869. The van der Waals surface area contributed by atoms with E-state index in [2.05, 4.69) is 5.32 Å². The number of halogens is 4. The van der Waals surface area contributed by atoms with Crippen molar-refractivity contribution in [3.63, 3.8) is 0 Å². The second-order valence-corrected chi connectivity index (χ2v) is 5.32. The van der Waals surface area contributed by atoms with Crippen LogP contribution in [0.5, 0.6) is 0 Å². The Morgan fingerprint density at radius 2 is 1.58 bits per heavy atom. The average Bonchev–Trinajstić information content (AvgIpc) is 2.46. The number of hydrogen-bond donors (Lipinski definition) is 2. The van der Waals surface area contributed by atoms with Crippen molar-refractivity contribution in [2.24, 2.45) is 0 Å². The van der Waals surface area contributed by atoms with Gasteiger partial charge in [0, 0.05) is 16.4 Å². The van der Waals surface area contributed by atoms with Crippen molar-refractivity contribution in [1.29, 1.82) is 0 Å². The fourth-order valence-corrected chi connectivity index (χ4v) is 2.13. The summed E-state index contributed by atoms with van der Waals surface area (Å²) in [5.74, 6) is -2.44. The molecule has 24 heavy (non-hydrogen) atoms. The normalized spacial score (nSPS) is 11.0. The Labute approximate surface area is 140 Å². The number of nitrogens with one attached hydrogen (secondary N) is 2. The van der Waals surface area contributed by atoms with Crippen LogP contribution in [0.1, 0.15) is 5.56 Å². The van der Waals surface area contributed by atoms with E-state index in [4.69, 9.17) is 11.6 Å². The lowest BCUT2D eigenvalue weighted by Crippen LogP contribution is -2.29. The van der Waals surface area contributed by atoms with Crippen molar-refractivity contribution < 1.29 is 22.8 Å². The topological polar surface area (TPSA) is 58.2 Å². The van der Waals surface area contributed by atoms with Crippen LogP contribution in [0.15, 0.2) is 48.5 Å². The van der Waals surface area contributed by atoms with E-state index in [0.29, 0.717) is 10.6 Å². The van der Waals surface area contributed by atoms with E-state index >= 15 is 0 Å². The minimum absolute atomic E-state index is 0.0553. The summed E-state index contributed by atoms with van der Waals surface area (Å²) in [7, 11) is 0. The zero-order valence-electron chi connectivity index (χ0n) is 12.2. The molecule has 0 unspecified atom stereocenters. The summed E-state index contributed by atoms with van der Waals surface area (Å²) in [5, 5.41) is 4.77. The van der Waals surface area contributed by atoms with Crippen LogP contribution in [-0.2, 0) is 16.0 Å². The monoisotopic (exact) mass is 356 g/mol. The summed E-state index contributed by atoms with van der Waals surface area (Å²) >= 11 is 5.83. The summed E-state index contributed by atoms with van der Waals surface area (Å²) < 4.78 is 36.7. The maximum Gasteiger partial charge on any atom is 0.471 e. The van der Waals surface area contributed by atoms with E-state index < -0.39 is 12.1 Å². The van der Waals surface area contributed by atoms with Crippen molar-refractivity contribution in [1.82, 2.24) is 0 Å². The van der Waals surface area contributed by atoms with E-state index in [-0.39, 0.29) is 23.7 Å². The molecule has 0 bridgehead atoms. The third kappa shape index (κ3) is 5.27. The molecule has 2 aromatic rings. The van der Waals surface area contributed by atoms with Gasteiger partial charge in [-0.1, -0.05) is 29.8 Å². The van der Waals surface area contributed by atoms with Gasteiger partial charge in [-0.05, 0) is 35.9 Å². The van der Waals surface area contributed by atoms with Crippen molar-refractivity contribution in [3.05, 3.63) is 59.1 Å². The molecule has 0 fully saturated rings. The fourth-order valence-electron chi connectivity index (χ4n) is 1.91. The third-order valence-corrected chi connectivity index (χ3v) is 3.15. The minimum atomic E-state index is -4.98. The Bertz CT molecular complexity index is 763. The minimum Gasteiger partial charge on any atom is -0.326 e. The third-order valence-electron chi connectivity index (χ3n) is 2.92. The largest absolute Gasteiger partial charge is 0.471 e. The summed E-state index contributed by atoms with van der Waals surface area (Å²) in [6.45, 7) is 0. The van der Waals surface area contributed by atoms with Gasteiger partial charge in [-0.15, -0.1) is 0 Å². The maximum absolute atomic E-state index is 12.2. The van der Waals surface area contributed by atoms with Crippen LogP contribution in [0.3, 0.4) is 0 Å². The van der Waals surface area contributed by atoms with Crippen LogP contribution in [0.2, 0.25) is 5.02 Å². The Hall–Kier alpha value is -2.54. The molecular formula is C16H12ClF3N2O2. The zero-order chi connectivity index (χ0) is 17.7. The van der Waals surface area contributed by atoms with E-state index in [0.717, 1.165) is 0 Å². The molecule has 126 valence electrons. The second-order valence-electron chi connectivity index (χ2n) is 4.89. The lowest BCUT2D eigenvalue weighted by molar-refractivity contribution is -0.167. The first-order chi connectivity index (χ1) is 11.2. The molecule has 0 aliphatic carbocycles. The van der Waals surface area contributed by atoms with E-state index in [9.17, 15) is 22.8 Å². The van der Waals surface area contributed by atoms with Crippen LogP contribution in [0, 0.1) is 0 Å². The number of carbonyl (C=O) groups excluding carboxylic acids is 2. The molecule has 0 spiro atoms. The van der Waals surface area contributed by atoms with Gasteiger partial charge < -0.3 is 10.6 Å². The van der Waals surface area contributed by atoms with Gasteiger partial charge in [-0.3, -0.25) is 9.59 Å². The summed E-state index contributed by atoms with van der Waals surface area (Å²) in [4.78, 5) is 22.9. The molecule has 2 aromatic carbocycles. The van der Waals surface area contributed by atoms with Gasteiger partial charge in [0.2, 0.25) is 5.91 Å². The molecule has 8 heteroatoms. The predicted molar refractivity (Wildman–Crippen MR) is 84.9 cm³/mol. The van der Waals surface area contributed by atoms with Crippen LogP contribution in [0.4, 0.5) is 24.5 Å². The molecule has 0 radical (unpaired) electrons. The molecule has 0 aliphatic heterocycles. The van der Waals surface area contributed by atoms with Crippen molar-refractivity contribution in [2.45, 2.75) is 12.6 Å². The van der Waals surface area contributed by atoms with Crippen molar-refractivity contribution >= 4 is 34.8 Å². The molecule has 0 aliphatic rings. The van der Waals surface area contributed by atoms with E-state index in [1.165, 1.54) is 24.3 Å². The van der Waals surface area contributed by atoms with Crippen molar-refractivity contribution in [2.75, 3.05) is 10.6 Å². The Balaban J connectivity index is 2.01. The van der Waals surface area contributed by atoms with Gasteiger partial charge in [0.05, 0.1) is 6.42 Å². The molecule has 2 amide bonds. The molecule has 0 atom stereocenters. The zero-order valence-corrected chi connectivity index (χ0v) is 12.9. The van der Waals surface area contributed by atoms with Crippen LogP contribution < -0.4 is 10.6 Å². The van der Waals surface area contributed by atoms with Crippen LogP contribution in [-0.4, -0.2) is 18.0 Å². The molecular weight excluding hydrogens is 345 g/mol. The Kier molecular flexibility index (Phi) is 5.46. The maximum atomic E-state index is 12.2. The number of rotatable bonds is 4. The first-order valence-electron chi connectivity index (χ1n) is 6.76. The smallest absolute Gasteiger partial charge is 0.326 e. The second kappa shape index (κ2) is 7.35. The van der Waals surface area contributed by atoms with Gasteiger partial charge in [-0.25, -0.2) is 0 Å². The SMILES string of the molecule is O=C(Cc1cccc(Cl)c1)Nc1cccc(NC(=O)C(F)(F)F)c1. The fraction of sp³-hybridized carbons (Fsp3) is 0.125. The number of carbonyl (C=O) groups is 2. The van der Waals surface area contributed by atoms with E-state index in [1.54, 1.807) is 29.6 Å². The lowest BCUT2D eigenvalue weighted by atomic mass is 10.1. The predicted octanol–water partition coefficient (Wildman–Crippen LogP) is 4.02. The summed E-state index contributed by atoms with van der Waals surface area (Å²) in [5.41, 5.74) is 0.890. The van der Waals surface area contributed by atoms with Gasteiger partial charge in [0.1, 0.15) is 0 Å². The van der Waals surface area contributed by atoms with Gasteiger partial charge in [-0.2, -0.15) is 13.2 Å². The first-order valence-corrected chi connectivity index (χ1v) is 7.14. The summed E-state index contributed by atoms with van der Waals surface area (Å²) in [6, 6.07) is 12.2. The lowest BCUT2D eigenvalue weighted by Gasteiger charge is -2.10. The number of benzene rings is 2. The number of amides is 2. The van der Waals surface area contributed by atoms with E-state index in [1.807, 2.05) is 0 Å². The summed E-state index contributed by atoms with van der Waals surface area (Å²) in [6.07, 6.45) is -4.93. The van der Waals surface area contributed by atoms with Gasteiger partial charge in [0.25, 0.3) is 0 Å². The van der Waals surface area contributed by atoms with Gasteiger partial charge >= 0.3 is 12.1 Å². The highest BCUT2D eigenvalue weighted by Gasteiger charge is 2.38. The number of alkyl halides is 3. The van der Waals surface area contributed by atoms with Crippen LogP contribution in [0.25, 0.3) is 0 Å². The highest BCUT2D eigenvalue weighted by Crippen LogP contribution is 2.20. The standard InChI is InChI=1S/C16H12ClF3N2O2/c17-11-4-1-3-10(7-11)8-14(23)21-12-5-2-6-13(9-12)22-15(24)16(18,19)20/h1-7,9H,8H2,(H,21,23)(H,22,24). The Morgan fingerprint density at radius 1 is 0.958 bits per heavy atom. The molecule has 4 nitrogen and oxygen atoms in total. The number of anilines is 2. The molecule has 2 N–H and O–H groups in total.